The van der Waals surface area contributed by atoms with Crippen molar-refractivity contribution < 1.29 is 4.74 Å². The fourth-order valence-electron chi connectivity index (χ4n) is 2.26. The van der Waals surface area contributed by atoms with Crippen molar-refractivity contribution in [3.05, 3.63) is 17.3 Å². The third kappa shape index (κ3) is 1.79. The molecule has 0 aromatic carbocycles. The van der Waals surface area contributed by atoms with Crippen LogP contribution in [0.15, 0.2) is 6.33 Å². The normalized spacial score (nSPS) is 20.9. The third-order valence-corrected chi connectivity index (χ3v) is 3.33. The lowest BCUT2D eigenvalue weighted by Gasteiger charge is -2.24. The zero-order chi connectivity index (χ0) is 11.8. The summed E-state index contributed by atoms with van der Waals surface area (Å²) in [6.45, 7) is 2.73. The SMILES string of the molecule is Cc1nc2c(Cl)ncnc2n1[C@H]1CCCCO1. The minimum absolute atomic E-state index is 0.0275. The lowest BCUT2D eigenvalue weighted by atomic mass is 10.2. The van der Waals surface area contributed by atoms with E-state index in [0.717, 1.165) is 30.9 Å². The van der Waals surface area contributed by atoms with E-state index in [9.17, 15) is 0 Å². The second kappa shape index (κ2) is 4.23. The highest BCUT2D eigenvalue weighted by atomic mass is 35.5. The molecule has 1 aliphatic heterocycles. The Balaban J connectivity index is 2.14. The first-order chi connectivity index (χ1) is 8.27. The maximum atomic E-state index is 6.01. The first-order valence-electron chi connectivity index (χ1n) is 5.74. The quantitative estimate of drug-likeness (QED) is 0.732. The summed E-state index contributed by atoms with van der Waals surface area (Å²) in [6.07, 6.45) is 4.78. The number of hydrogen-bond donors (Lipinski definition) is 0. The van der Waals surface area contributed by atoms with E-state index in [1.807, 2.05) is 11.5 Å². The van der Waals surface area contributed by atoms with Gasteiger partial charge in [-0.3, -0.25) is 4.57 Å². The van der Waals surface area contributed by atoms with Gasteiger partial charge in [-0.25, -0.2) is 15.0 Å². The lowest BCUT2D eigenvalue weighted by molar-refractivity contribution is -0.0309. The smallest absolute Gasteiger partial charge is 0.167 e. The van der Waals surface area contributed by atoms with Crippen LogP contribution in [0.25, 0.3) is 11.2 Å². The van der Waals surface area contributed by atoms with Crippen molar-refractivity contribution in [3.8, 4) is 0 Å². The third-order valence-electron chi connectivity index (χ3n) is 3.05. The molecule has 0 N–H and O–H groups in total. The highest BCUT2D eigenvalue weighted by molar-refractivity contribution is 6.33. The maximum absolute atomic E-state index is 6.01. The van der Waals surface area contributed by atoms with Gasteiger partial charge in [0.05, 0.1) is 0 Å². The Morgan fingerprint density at radius 1 is 1.41 bits per heavy atom. The van der Waals surface area contributed by atoms with E-state index < -0.39 is 0 Å². The van der Waals surface area contributed by atoms with Crippen LogP contribution < -0.4 is 0 Å². The number of aryl methyl sites for hydroxylation is 1. The van der Waals surface area contributed by atoms with Crippen molar-refractivity contribution >= 4 is 22.8 Å². The Hall–Kier alpha value is -1.20. The molecule has 0 aliphatic carbocycles. The van der Waals surface area contributed by atoms with Crippen LogP contribution in [0.4, 0.5) is 0 Å². The molecule has 1 fully saturated rings. The number of nitrogens with zero attached hydrogens (tertiary/aromatic N) is 4. The van der Waals surface area contributed by atoms with E-state index in [1.165, 1.54) is 12.7 Å². The minimum atomic E-state index is 0.0275. The fourth-order valence-corrected chi connectivity index (χ4v) is 2.43. The summed E-state index contributed by atoms with van der Waals surface area (Å²) in [5.74, 6) is 0.870. The highest BCUT2D eigenvalue weighted by Crippen LogP contribution is 2.28. The summed E-state index contributed by atoms with van der Waals surface area (Å²) < 4.78 is 7.79. The summed E-state index contributed by atoms with van der Waals surface area (Å²) in [4.78, 5) is 12.6. The molecule has 3 rings (SSSR count). The first-order valence-corrected chi connectivity index (χ1v) is 6.12. The number of aromatic nitrogens is 4. The molecular weight excluding hydrogens is 240 g/mol. The van der Waals surface area contributed by atoms with Gasteiger partial charge in [0.1, 0.15) is 23.9 Å². The van der Waals surface area contributed by atoms with Gasteiger partial charge in [-0.15, -0.1) is 0 Å². The molecule has 0 saturated carbocycles. The van der Waals surface area contributed by atoms with Gasteiger partial charge in [0.2, 0.25) is 0 Å². The number of halogens is 1. The van der Waals surface area contributed by atoms with Crippen LogP contribution >= 0.6 is 11.6 Å². The summed E-state index contributed by atoms with van der Waals surface area (Å²) in [5, 5.41) is 0.396. The molecular formula is C11H13ClN4O. The van der Waals surface area contributed by atoms with Crippen LogP contribution in [0.1, 0.15) is 31.3 Å². The highest BCUT2D eigenvalue weighted by Gasteiger charge is 2.22. The van der Waals surface area contributed by atoms with Crippen molar-refractivity contribution in [3.63, 3.8) is 0 Å². The topological polar surface area (TPSA) is 52.8 Å². The molecule has 0 amide bonds. The number of imidazole rings is 1. The van der Waals surface area contributed by atoms with Crippen LogP contribution in [-0.4, -0.2) is 26.1 Å². The molecule has 5 nitrogen and oxygen atoms in total. The Morgan fingerprint density at radius 2 is 2.29 bits per heavy atom. The van der Waals surface area contributed by atoms with Gasteiger partial charge in [0.15, 0.2) is 10.8 Å². The molecule has 3 heterocycles. The van der Waals surface area contributed by atoms with Crippen LogP contribution in [-0.2, 0) is 4.74 Å². The van der Waals surface area contributed by atoms with Gasteiger partial charge >= 0.3 is 0 Å². The molecule has 0 spiro atoms. The molecule has 2 aromatic heterocycles. The van der Waals surface area contributed by atoms with E-state index in [4.69, 9.17) is 16.3 Å². The summed E-state index contributed by atoms with van der Waals surface area (Å²) >= 11 is 6.01. The molecule has 0 unspecified atom stereocenters. The average Bonchev–Trinajstić information content (AvgIpc) is 2.68. The molecule has 17 heavy (non-hydrogen) atoms. The maximum Gasteiger partial charge on any atom is 0.167 e. The first kappa shape index (κ1) is 10.9. The van der Waals surface area contributed by atoms with E-state index >= 15 is 0 Å². The van der Waals surface area contributed by atoms with Crippen molar-refractivity contribution in [1.82, 2.24) is 19.5 Å². The molecule has 6 heteroatoms. The van der Waals surface area contributed by atoms with Gasteiger partial charge in [0.25, 0.3) is 0 Å². The van der Waals surface area contributed by atoms with Crippen LogP contribution in [0.5, 0.6) is 0 Å². The van der Waals surface area contributed by atoms with Crippen molar-refractivity contribution in [1.29, 1.82) is 0 Å². The number of fused-ring (bicyclic) bond motifs is 1. The largest absolute Gasteiger partial charge is 0.358 e. The van der Waals surface area contributed by atoms with Crippen molar-refractivity contribution in [2.75, 3.05) is 6.61 Å². The second-order valence-electron chi connectivity index (χ2n) is 4.19. The standard InChI is InChI=1S/C11H13ClN4O/c1-7-15-9-10(12)13-6-14-11(9)16(7)8-4-2-3-5-17-8/h6,8H,2-5H2,1H3/t8-/m1/s1. The molecule has 1 aliphatic rings. The van der Waals surface area contributed by atoms with Gasteiger partial charge < -0.3 is 4.74 Å². The van der Waals surface area contributed by atoms with Crippen LogP contribution in [0.3, 0.4) is 0 Å². The van der Waals surface area contributed by atoms with E-state index in [1.54, 1.807) is 0 Å². The summed E-state index contributed by atoms with van der Waals surface area (Å²) in [6, 6.07) is 0. The van der Waals surface area contributed by atoms with E-state index in [0.29, 0.717) is 10.7 Å². The van der Waals surface area contributed by atoms with Crippen molar-refractivity contribution in [2.45, 2.75) is 32.4 Å². The summed E-state index contributed by atoms with van der Waals surface area (Å²) in [7, 11) is 0. The molecule has 90 valence electrons. The monoisotopic (exact) mass is 252 g/mol. The Kier molecular flexibility index (Phi) is 2.72. The zero-order valence-corrected chi connectivity index (χ0v) is 10.3. The van der Waals surface area contributed by atoms with Crippen molar-refractivity contribution in [2.24, 2.45) is 0 Å². The number of hydrogen-bond acceptors (Lipinski definition) is 4. The number of ether oxygens (including phenoxy) is 1. The Labute approximate surface area is 104 Å². The molecule has 1 saturated heterocycles. The van der Waals surface area contributed by atoms with E-state index in [-0.39, 0.29) is 6.23 Å². The Bertz CT molecular complexity index is 548. The van der Waals surface area contributed by atoms with Gasteiger partial charge in [-0.05, 0) is 26.2 Å². The van der Waals surface area contributed by atoms with E-state index in [2.05, 4.69) is 15.0 Å². The minimum Gasteiger partial charge on any atom is -0.358 e. The molecule has 1 atom stereocenters. The predicted octanol–water partition coefficient (Wildman–Crippen LogP) is 2.49. The molecule has 0 bridgehead atoms. The van der Waals surface area contributed by atoms with Gasteiger partial charge in [-0.2, -0.15) is 0 Å². The fraction of sp³-hybridized carbons (Fsp3) is 0.545. The average molecular weight is 253 g/mol. The number of rotatable bonds is 1. The summed E-state index contributed by atoms with van der Waals surface area (Å²) in [5.41, 5.74) is 1.41. The van der Waals surface area contributed by atoms with Gasteiger partial charge in [-0.1, -0.05) is 11.6 Å². The predicted molar refractivity (Wildman–Crippen MR) is 63.9 cm³/mol. The van der Waals surface area contributed by atoms with Crippen LogP contribution in [0.2, 0.25) is 5.15 Å². The van der Waals surface area contributed by atoms with Crippen LogP contribution in [0, 0.1) is 6.92 Å². The second-order valence-corrected chi connectivity index (χ2v) is 4.54. The Morgan fingerprint density at radius 3 is 3.06 bits per heavy atom. The zero-order valence-electron chi connectivity index (χ0n) is 9.56. The van der Waals surface area contributed by atoms with Gasteiger partial charge in [0, 0.05) is 6.61 Å². The molecule has 0 radical (unpaired) electrons. The molecule has 2 aromatic rings. The lowest BCUT2D eigenvalue weighted by Crippen LogP contribution is -2.19.